The summed E-state index contributed by atoms with van der Waals surface area (Å²) in [5.74, 6) is 1.56. The topological polar surface area (TPSA) is 57.4 Å². The summed E-state index contributed by atoms with van der Waals surface area (Å²) in [7, 11) is 4.08. The number of aliphatic hydroxyl groups excluding tert-OH is 1. The van der Waals surface area contributed by atoms with Crippen molar-refractivity contribution in [2.24, 2.45) is 7.05 Å². The molecular formula is C18H26FN5O. The lowest BCUT2D eigenvalue weighted by molar-refractivity contribution is 0.119. The third-order valence-electron chi connectivity index (χ3n) is 5.11. The van der Waals surface area contributed by atoms with Crippen LogP contribution in [0.4, 0.5) is 4.39 Å². The highest BCUT2D eigenvalue weighted by molar-refractivity contribution is 5.19. The molecule has 0 amide bonds. The summed E-state index contributed by atoms with van der Waals surface area (Å²) >= 11 is 0. The highest BCUT2D eigenvalue weighted by Crippen LogP contribution is 2.21. The molecule has 0 spiro atoms. The number of rotatable bonds is 6. The number of halogens is 1. The van der Waals surface area contributed by atoms with Gasteiger partial charge in [-0.1, -0.05) is 12.1 Å². The van der Waals surface area contributed by atoms with Gasteiger partial charge in [-0.25, -0.2) is 4.39 Å². The van der Waals surface area contributed by atoms with Gasteiger partial charge in [-0.15, -0.1) is 10.2 Å². The molecule has 1 aromatic heterocycles. The van der Waals surface area contributed by atoms with Crippen molar-refractivity contribution >= 4 is 0 Å². The molecule has 3 rings (SSSR count). The van der Waals surface area contributed by atoms with Gasteiger partial charge in [-0.05, 0) is 44.6 Å². The number of likely N-dealkylation sites (tertiary alicyclic amines) is 1. The van der Waals surface area contributed by atoms with Crippen molar-refractivity contribution in [3.63, 3.8) is 0 Å². The summed E-state index contributed by atoms with van der Waals surface area (Å²) in [6, 6.07) is 6.62. The second-order valence-electron chi connectivity index (χ2n) is 6.91. The van der Waals surface area contributed by atoms with E-state index in [2.05, 4.69) is 27.0 Å². The molecule has 2 heterocycles. The minimum Gasteiger partial charge on any atom is -0.387 e. The Balaban J connectivity index is 1.53. The van der Waals surface area contributed by atoms with Crippen molar-refractivity contribution in [1.82, 2.24) is 24.6 Å². The molecule has 1 N–H and O–H groups in total. The van der Waals surface area contributed by atoms with E-state index in [1.165, 1.54) is 12.1 Å². The Hall–Kier alpha value is -1.83. The number of hydrogen-bond acceptors (Lipinski definition) is 5. The standard InChI is InChI=1S/C18H26FN5O/c1-13-20-21-18(23(13)3)12-22(2)16-7-8-24(10-16)11-17(25)14-5-4-6-15(19)9-14/h4-6,9,16-17,25H,7-8,10-12H2,1-3H3/t16-,17-/m0/s1. The number of aromatic nitrogens is 3. The van der Waals surface area contributed by atoms with Crippen LogP contribution in [-0.4, -0.2) is 62.4 Å². The lowest BCUT2D eigenvalue weighted by Crippen LogP contribution is -2.35. The van der Waals surface area contributed by atoms with Gasteiger partial charge < -0.3 is 9.67 Å². The summed E-state index contributed by atoms with van der Waals surface area (Å²) in [4.78, 5) is 4.52. The molecule has 2 atom stereocenters. The average molecular weight is 347 g/mol. The van der Waals surface area contributed by atoms with Crippen LogP contribution < -0.4 is 0 Å². The van der Waals surface area contributed by atoms with E-state index in [9.17, 15) is 9.50 Å². The van der Waals surface area contributed by atoms with E-state index in [-0.39, 0.29) is 5.82 Å². The van der Waals surface area contributed by atoms with E-state index in [0.717, 1.165) is 37.7 Å². The Bertz CT molecular complexity index is 719. The van der Waals surface area contributed by atoms with Gasteiger partial charge in [0.15, 0.2) is 0 Å². The van der Waals surface area contributed by atoms with E-state index in [1.807, 2.05) is 18.5 Å². The van der Waals surface area contributed by atoms with Crippen LogP contribution >= 0.6 is 0 Å². The molecule has 0 bridgehead atoms. The maximum Gasteiger partial charge on any atom is 0.146 e. The first kappa shape index (κ1) is 18.0. The zero-order valence-electron chi connectivity index (χ0n) is 15.1. The Morgan fingerprint density at radius 3 is 2.88 bits per heavy atom. The van der Waals surface area contributed by atoms with Crippen molar-refractivity contribution in [2.75, 3.05) is 26.7 Å². The van der Waals surface area contributed by atoms with Crippen molar-refractivity contribution in [3.8, 4) is 0 Å². The highest BCUT2D eigenvalue weighted by Gasteiger charge is 2.28. The Morgan fingerprint density at radius 1 is 1.40 bits per heavy atom. The monoisotopic (exact) mass is 347 g/mol. The first-order valence-electron chi connectivity index (χ1n) is 8.65. The van der Waals surface area contributed by atoms with Crippen LogP contribution in [0.2, 0.25) is 0 Å². The molecule has 0 aliphatic carbocycles. The van der Waals surface area contributed by atoms with Crippen molar-refractivity contribution in [2.45, 2.75) is 32.0 Å². The molecule has 0 saturated carbocycles. The van der Waals surface area contributed by atoms with Crippen molar-refractivity contribution < 1.29 is 9.50 Å². The van der Waals surface area contributed by atoms with E-state index >= 15 is 0 Å². The molecule has 136 valence electrons. The van der Waals surface area contributed by atoms with Gasteiger partial charge in [0.25, 0.3) is 0 Å². The third-order valence-corrected chi connectivity index (χ3v) is 5.11. The van der Waals surface area contributed by atoms with Crippen molar-refractivity contribution in [1.29, 1.82) is 0 Å². The zero-order valence-corrected chi connectivity index (χ0v) is 15.1. The number of aliphatic hydroxyl groups is 1. The van der Waals surface area contributed by atoms with Crippen LogP contribution in [0.3, 0.4) is 0 Å². The quantitative estimate of drug-likeness (QED) is 0.858. The molecule has 2 aromatic rings. The van der Waals surface area contributed by atoms with Gasteiger partial charge in [0.05, 0.1) is 12.6 Å². The van der Waals surface area contributed by atoms with Gasteiger partial charge in [-0.3, -0.25) is 9.80 Å². The summed E-state index contributed by atoms with van der Waals surface area (Å²) in [6.07, 6.45) is 0.379. The molecular weight excluding hydrogens is 321 g/mol. The van der Waals surface area contributed by atoms with Gasteiger partial charge in [-0.2, -0.15) is 0 Å². The summed E-state index contributed by atoms with van der Waals surface area (Å²) < 4.78 is 15.3. The Morgan fingerprint density at radius 2 is 2.20 bits per heavy atom. The second-order valence-corrected chi connectivity index (χ2v) is 6.91. The number of hydrogen-bond donors (Lipinski definition) is 1. The predicted octanol–water partition coefficient (Wildman–Crippen LogP) is 1.50. The molecule has 1 aliphatic heterocycles. The molecule has 0 radical (unpaired) electrons. The Kier molecular flexibility index (Phi) is 5.46. The number of β-amino-alcohol motifs (C(OH)–C–C–N with tert-alkyl or cyclic N) is 1. The second kappa shape index (κ2) is 7.59. The number of likely N-dealkylation sites (N-methyl/N-ethyl adjacent to an activating group) is 1. The molecule has 1 saturated heterocycles. The van der Waals surface area contributed by atoms with Crippen LogP contribution in [0, 0.1) is 12.7 Å². The fraction of sp³-hybridized carbons (Fsp3) is 0.556. The lowest BCUT2D eigenvalue weighted by Gasteiger charge is -2.25. The predicted molar refractivity (Wildman–Crippen MR) is 93.4 cm³/mol. The SMILES string of the molecule is Cc1nnc(CN(C)[C@H]2CCN(C[C@H](O)c3cccc(F)c3)C2)n1C. The average Bonchev–Trinajstić information content (AvgIpc) is 3.17. The van der Waals surface area contributed by atoms with Crippen molar-refractivity contribution in [3.05, 3.63) is 47.3 Å². The molecule has 1 aliphatic rings. The third kappa shape index (κ3) is 4.23. The molecule has 0 unspecified atom stereocenters. The highest BCUT2D eigenvalue weighted by atomic mass is 19.1. The fourth-order valence-corrected chi connectivity index (χ4v) is 3.34. The van der Waals surface area contributed by atoms with Crippen LogP contribution in [-0.2, 0) is 13.6 Å². The minimum absolute atomic E-state index is 0.311. The minimum atomic E-state index is -0.666. The normalized spacial score (nSPS) is 19.7. The first-order valence-corrected chi connectivity index (χ1v) is 8.65. The summed E-state index contributed by atoms with van der Waals surface area (Å²) in [5.41, 5.74) is 0.631. The molecule has 6 nitrogen and oxygen atoms in total. The van der Waals surface area contributed by atoms with E-state index < -0.39 is 6.10 Å². The van der Waals surface area contributed by atoms with Crippen LogP contribution in [0.25, 0.3) is 0 Å². The molecule has 7 heteroatoms. The van der Waals surface area contributed by atoms with Gasteiger partial charge >= 0.3 is 0 Å². The molecule has 1 aromatic carbocycles. The lowest BCUT2D eigenvalue weighted by atomic mass is 10.1. The largest absolute Gasteiger partial charge is 0.387 e. The smallest absolute Gasteiger partial charge is 0.146 e. The molecule has 1 fully saturated rings. The maximum absolute atomic E-state index is 13.3. The molecule has 25 heavy (non-hydrogen) atoms. The maximum atomic E-state index is 13.3. The van der Waals surface area contributed by atoms with E-state index in [0.29, 0.717) is 18.2 Å². The van der Waals surface area contributed by atoms with Gasteiger partial charge in [0.2, 0.25) is 0 Å². The zero-order chi connectivity index (χ0) is 18.0. The fourth-order valence-electron chi connectivity index (χ4n) is 3.34. The van der Waals surface area contributed by atoms with Crippen LogP contribution in [0.5, 0.6) is 0 Å². The number of nitrogens with zero attached hydrogens (tertiary/aromatic N) is 5. The number of aryl methyl sites for hydroxylation is 1. The van der Waals surface area contributed by atoms with Crippen LogP contribution in [0.15, 0.2) is 24.3 Å². The van der Waals surface area contributed by atoms with E-state index in [1.54, 1.807) is 12.1 Å². The van der Waals surface area contributed by atoms with Crippen LogP contribution in [0.1, 0.15) is 29.7 Å². The van der Waals surface area contributed by atoms with Gasteiger partial charge in [0, 0.05) is 26.2 Å². The van der Waals surface area contributed by atoms with Gasteiger partial charge in [0.1, 0.15) is 17.5 Å². The summed E-state index contributed by atoms with van der Waals surface area (Å²) in [6.45, 7) is 5.04. The number of benzene rings is 1. The van der Waals surface area contributed by atoms with E-state index in [4.69, 9.17) is 0 Å². The first-order chi connectivity index (χ1) is 11.9. The Labute approximate surface area is 147 Å². The summed E-state index contributed by atoms with van der Waals surface area (Å²) in [5, 5.41) is 18.7.